The topological polar surface area (TPSA) is 40.5 Å². The molecule has 4 nitrogen and oxygen atoms in total. The van der Waals surface area contributed by atoms with Gasteiger partial charge in [-0.05, 0) is 29.8 Å². The molecule has 1 aromatic heterocycles. The SMILES string of the molecule is COC(=O)c1c(-c2ccccc2)cn(-c2ccc(OC)cc2)c1C(F)(F)C(F)(F)F. The Bertz CT molecular complexity index is 1040. The highest BCUT2D eigenvalue weighted by molar-refractivity contribution is 5.99. The number of ether oxygens (including phenoxy) is 2. The van der Waals surface area contributed by atoms with Crippen molar-refractivity contribution in [1.29, 1.82) is 0 Å². The molecule has 30 heavy (non-hydrogen) atoms. The summed E-state index contributed by atoms with van der Waals surface area (Å²) in [5.74, 6) is -6.25. The highest BCUT2D eigenvalue weighted by atomic mass is 19.4. The molecule has 0 aliphatic heterocycles. The number of nitrogens with zero attached hydrogens (tertiary/aromatic N) is 1. The van der Waals surface area contributed by atoms with Crippen molar-refractivity contribution >= 4 is 5.97 Å². The third-order valence-electron chi connectivity index (χ3n) is 4.48. The van der Waals surface area contributed by atoms with Crippen molar-refractivity contribution in [3.63, 3.8) is 0 Å². The summed E-state index contributed by atoms with van der Waals surface area (Å²) in [7, 11) is 2.30. The minimum atomic E-state index is -5.94. The van der Waals surface area contributed by atoms with Gasteiger partial charge in [0.2, 0.25) is 0 Å². The third-order valence-corrected chi connectivity index (χ3v) is 4.48. The van der Waals surface area contributed by atoms with Crippen molar-refractivity contribution in [2.45, 2.75) is 12.1 Å². The zero-order valence-electron chi connectivity index (χ0n) is 15.8. The summed E-state index contributed by atoms with van der Waals surface area (Å²) in [5, 5.41) is 0. The molecule has 0 aliphatic rings. The van der Waals surface area contributed by atoms with Crippen molar-refractivity contribution in [2.75, 3.05) is 14.2 Å². The molecule has 0 saturated heterocycles. The number of hydrogen-bond acceptors (Lipinski definition) is 3. The number of rotatable bonds is 5. The van der Waals surface area contributed by atoms with Crippen LogP contribution in [0.15, 0.2) is 60.8 Å². The van der Waals surface area contributed by atoms with Crippen LogP contribution in [0.1, 0.15) is 16.1 Å². The van der Waals surface area contributed by atoms with Crippen molar-refractivity contribution < 1.29 is 36.2 Å². The lowest BCUT2D eigenvalue weighted by molar-refractivity contribution is -0.291. The van der Waals surface area contributed by atoms with Crippen LogP contribution >= 0.6 is 0 Å². The Morgan fingerprint density at radius 2 is 1.50 bits per heavy atom. The third kappa shape index (κ3) is 3.62. The lowest BCUT2D eigenvalue weighted by atomic mass is 10.0. The van der Waals surface area contributed by atoms with Gasteiger partial charge in [0, 0.05) is 17.4 Å². The van der Waals surface area contributed by atoms with Gasteiger partial charge in [-0.25, -0.2) is 4.79 Å². The fourth-order valence-corrected chi connectivity index (χ4v) is 3.04. The summed E-state index contributed by atoms with van der Waals surface area (Å²) in [6, 6.07) is 13.2. The van der Waals surface area contributed by atoms with Crippen LogP contribution in [0.4, 0.5) is 22.0 Å². The zero-order valence-corrected chi connectivity index (χ0v) is 15.8. The van der Waals surface area contributed by atoms with Gasteiger partial charge < -0.3 is 14.0 Å². The number of carbonyl (C=O) groups excluding carboxylic acids is 1. The van der Waals surface area contributed by atoms with Gasteiger partial charge in [-0.15, -0.1) is 0 Å². The first-order valence-corrected chi connectivity index (χ1v) is 8.60. The number of hydrogen-bond donors (Lipinski definition) is 0. The fourth-order valence-electron chi connectivity index (χ4n) is 3.04. The molecule has 0 radical (unpaired) electrons. The summed E-state index contributed by atoms with van der Waals surface area (Å²) < 4.78 is 79.6. The van der Waals surface area contributed by atoms with Gasteiger partial charge in [-0.3, -0.25) is 0 Å². The molecule has 0 N–H and O–H groups in total. The molecular weight excluding hydrogens is 409 g/mol. The molecule has 0 fully saturated rings. The Kier molecular flexibility index (Phi) is 5.56. The maximum atomic E-state index is 14.7. The van der Waals surface area contributed by atoms with E-state index >= 15 is 0 Å². The first-order valence-electron chi connectivity index (χ1n) is 8.60. The molecule has 1 heterocycles. The van der Waals surface area contributed by atoms with Crippen LogP contribution in [-0.4, -0.2) is 30.9 Å². The van der Waals surface area contributed by atoms with Gasteiger partial charge in [0.05, 0.1) is 19.8 Å². The van der Waals surface area contributed by atoms with Gasteiger partial charge in [0.1, 0.15) is 11.4 Å². The van der Waals surface area contributed by atoms with E-state index in [1.165, 1.54) is 43.5 Å². The van der Waals surface area contributed by atoms with Gasteiger partial charge in [-0.1, -0.05) is 30.3 Å². The molecule has 3 rings (SSSR count). The van der Waals surface area contributed by atoms with E-state index < -0.39 is 29.3 Å². The Morgan fingerprint density at radius 3 is 2.00 bits per heavy atom. The Morgan fingerprint density at radius 1 is 0.900 bits per heavy atom. The number of methoxy groups -OCH3 is 2. The van der Waals surface area contributed by atoms with E-state index in [1.54, 1.807) is 18.2 Å². The van der Waals surface area contributed by atoms with Crippen LogP contribution in [0.3, 0.4) is 0 Å². The lowest BCUT2D eigenvalue weighted by Gasteiger charge is -2.23. The standard InChI is InChI=1S/C21H16F5NO3/c1-29-15-10-8-14(9-11-15)27-12-16(13-6-4-3-5-7-13)17(19(28)30-2)18(27)20(22,23)21(24,25)26/h3-12H,1-2H3. The maximum absolute atomic E-state index is 14.7. The van der Waals surface area contributed by atoms with E-state index in [2.05, 4.69) is 4.74 Å². The van der Waals surface area contributed by atoms with Crippen LogP contribution in [0, 0.1) is 0 Å². The van der Waals surface area contributed by atoms with Crippen LogP contribution in [0.25, 0.3) is 16.8 Å². The molecule has 3 aromatic rings. The average molecular weight is 425 g/mol. The molecular formula is C21H16F5NO3. The summed E-state index contributed by atoms with van der Waals surface area (Å²) >= 11 is 0. The Labute approximate surface area is 168 Å². The van der Waals surface area contributed by atoms with E-state index in [1.807, 2.05) is 0 Å². The van der Waals surface area contributed by atoms with Crippen LogP contribution in [0.5, 0.6) is 5.75 Å². The number of halogens is 5. The molecule has 0 unspecified atom stereocenters. The van der Waals surface area contributed by atoms with Crippen LogP contribution in [-0.2, 0) is 10.7 Å². The second-order valence-electron chi connectivity index (χ2n) is 6.26. The van der Waals surface area contributed by atoms with Crippen LogP contribution < -0.4 is 4.74 Å². The first-order chi connectivity index (χ1) is 14.1. The second kappa shape index (κ2) is 7.81. The van der Waals surface area contributed by atoms with Gasteiger partial charge >= 0.3 is 18.1 Å². The summed E-state index contributed by atoms with van der Waals surface area (Å²) in [6.07, 6.45) is -4.87. The van der Waals surface area contributed by atoms with Gasteiger partial charge in [0.25, 0.3) is 0 Å². The van der Waals surface area contributed by atoms with E-state index in [0.717, 1.165) is 13.3 Å². The quantitative estimate of drug-likeness (QED) is 0.395. The molecule has 0 saturated carbocycles. The molecule has 0 aliphatic carbocycles. The second-order valence-corrected chi connectivity index (χ2v) is 6.26. The largest absolute Gasteiger partial charge is 0.497 e. The number of benzene rings is 2. The lowest BCUT2D eigenvalue weighted by Crippen LogP contribution is -2.37. The average Bonchev–Trinajstić information content (AvgIpc) is 3.14. The number of aromatic nitrogens is 1. The number of carbonyl (C=O) groups is 1. The predicted molar refractivity (Wildman–Crippen MR) is 99.0 cm³/mol. The van der Waals surface area contributed by atoms with Gasteiger partial charge in [-0.2, -0.15) is 22.0 Å². The normalized spacial score (nSPS) is 12.0. The Balaban J connectivity index is 2.40. The Hall–Kier alpha value is -3.36. The van der Waals surface area contributed by atoms with E-state index in [4.69, 9.17) is 4.74 Å². The first kappa shape index (κ1) is 21.4. The molecule has 0 spiro atoms. The maximum Gasteiger partial charge on any atom is 0.459 e. The van der Waals surface area contributed by atoms with E-state index in [-0.39, 0.29) is 16.8 Å². The van der Waals surface area contributed by atoms with E-state index in [0.29, 0.717) is 10.3 Å². The highest BCUT2D eigenvalue weighted by Gasteiger charge is 2.62. The van der Waals surface area contributed by atoms with Crippen molar-refractivity contribution in [3.05, 3.63) is 72.1 Å². The fraction of sp³-hybridized carbons (Fsp3) is 0.190. The number of esters is 1. The number of alkyl halides is 5. The molecule has 158 valence electrons. The minimum Gasteiger partial charge on any atom is -0.497 e. The van der Waals surface area contributed by atoms with Crippen molar-refractivity contribution in [1.82, 2.24) is 4.57 Å². The molecule has 9 heteroatoms. The predicted octanol–water partition coefficient (Wildman–Crippen LogP) is 5.59. The van der Waals surface area contributed by atoms with Crippen molar-refractivity contribution in [3.8, 4) is 22.6 Å². The molecule has 2 aromatic carbocycles. The molecule has 0 amide bonds. The van der Waals surface area contributed by atoms with E-state index in [9.17, 15) is 26.7 Å². The summed E-state index contributed by atoms with van der Waals surface area (Å²) in [4.78, 5) is 12.4. The minimum absolute atomic E-state index is 0.0120. The zero-order chi connectivity index (χ0) is 22.1. The van der Waals surface area contributed by atoms with Gasteiger partial charge in [0.15, 0.2) is 0 Å². The summed E-state index contributed by atoms with van der Waals surface area (Å²) in [5.41, 5.74) is -2.23. The monoisotopic (exact) mass is 425 g/mol. The summed E-state index contributed by atoms with van der Waals surface area (Å²) in [6.45, 7) is 0. The molecule has 0 bridgehead atoms. The smallest absolute Gasteiger partial charge is 0.459 e. The van der Waals surface area contributed by atoms with Crippen molar-refractivity contribution in [2.24, 2.45) is 0 Å². The highest BCUT2D eigenvalue weighted by Crippen LogP contribution is 2.48. The van der Waals surface area contributed by atoms with Crippen LogP contribution in [0.2, 0.25) is 0 Å². The molecule has 0 atom stereocenters.